The Labute approximate surface area is 161 Å². The molecule has 0 saturated carbocycles. The maximum absolute atomic E-state index is 12.7. The predicted octanol–water partition coefficient (Wildman–Crippen LogP) is 1.18. The first-order valence-electron chi connectivity index (χ1n) is 8.64. The fraction of sp³-hybridized carbons (Fsp3) is 0.389. The lowest BCUT2D eigenvalue weighted by Gasteiger charge is -2.27. The van der Waals surface area contributed by atoms with Crippen molar-refractivity contribution in [2.45, 2.75) is 25.9 Å². The number of ether oxygens (including phenoxy) is 1. The van der Waals surface area contributed by atoms with Gasteiger partial charge in [-0.25, -0.2) is 13.2 Å². The minimum atomic E-state index is -3.20. The summed E-state index contributed by atoms with van der Waals surface area (Å²) in [7, 11) is -3.20. The fourth-order valence-electron chi connectivity index (χ4n) is 3.02. The molecule has 0 spiro atoms. The maximum Gasteiger partial charge on any atom is 0.355 e. The van der Waals surface area contributed by atoms with Crippen LogP contribution in [-0.4, -0.2) is 60.1 Å². The number of rotatable bonds is 7. The van der Waals surface area contributed by atoms with Crippen molar-refractivity contribution >= 4 is 27.5 Å². The molecular weight excluding hydrogens is 388 g/mol. The van der Waals surface area contributed by atoms with Crippen LogP contribution in [0.25, 0.3) is 0 Å². The van der Waals surface area contributed by atoms with Gasteiger partial charge in [-0.1, -0.05) is 0 Å². The lowest BCUT2D eigenvalue weighted by atomic mass is 10.2. The van der Waals surface area contributed by atoms with E-state index in [9.17, 15) is 22.8 Å². The Morgan fingerprint density at radius 3 is 2.71 bits per heavy atom. The molecule has 2 aromatic heterocycles. The molecule has 10 heteroatoms. The van der Waals surface area contributed by atoms with E-state index >= 15 is 0 Å². The molecule has 1 aliphatic heterocycles. The highest BCUT2D eigenvalue weighted by molar-refractivity contribution is 7.91. The normalized spacial score (nSPS) is 18.0. The second-order valence-electron chi connectivity index (χ2n) is 6.59. The molecule has 0 aliphatic carbocycles. The summed E-state index contributed by atoms with van der Waals surface area (Å²) in [5, 5.41) is 0. The molecule has 1 amide bonds. The van der Waals surface area contributed by atoms with E-state index in [2.05, 4.69) is 4.98 Å². The van der Waals surface area contributed by atoms with Crippen LogP contribution in [0.3, 0.4) is 0 Å². The molecule has 150 valence electrons. The molecule has 1 aliphatic rings. The van der Waals surface area contributed by atoms with Crippen LogP contribution in [0.2, 0.25) is 0 Å². The molecule has 9 nitrogen and oxygen atoms in total. The Hall–Kier alpha value is -2.88. The number of hydrogen-bond donors (Lipinski definition) is 1. The molecule has 0 unspecified atom stereocenters. The van der Waals surface area contributed by atoms with Crippen molar-refractivity contribution < 1.29 is 32.0 Å². The lowest BCUT2D eigenvalue weighted by molar-refractivity contribution is -0.137. The van der Waals surface area contributed by atoms with Crippen LogP contribution in [0, 0.1) is 0 Å². The van der Waals surface area contributed by atoms with Crippen LogP contribution in [0.5, 0.6) is 0 Å². The van der Waals surface area contributed by atoms with E-state index in [1.807, 2.05) is 0 Å². The second kappa shape index (κ2) is 8.01. The number of esters is 1. The van der Waals surface area contributed by atoms with Gasteiger partial charge in [-0.2, -0.15) is 0 Å². The number of aromatic nitrogens is 1. The van der Waals surface area contributed by atoms with E-state index < -0.39 is 34.4 Å². The first kappa shape index (κ1) is 19.9. The lowest BCUT2D eigenvalue weighted by Crippen LogP contribution is -2.42. The van der Waals surface area contributed by atoms with Crippen molar-refractivity contribution in [3.8, 4) is 0 Å². The van der Waals surface area contributed by atoms with E-state index in [1.54, 1.807) is 12.1 Å². The minimum absolute atomic E-state index is 0.00961. The summed E-state index contributed by atoms with van der Waals surface area (Å²) in [6, 6.07) is 4.19. The van der Waals surface area contributed by atoms with Crippen molar-refractivity contribution in [2.24, 2.45) is 0 Å². The summed E-state index contributed by atoms with van der Waals surface area (Å²) in [4.78, 5) is 40.1. The predicted molar refractivity (Wildman–Crippen MR) is 97.4 cm³/mol. The Morgan fingerprint density at radius 1 is 1.36 bits per heavy atom. The summed E-state index contributed by atoms with van der Waals surface area (Å²) in [5.41, 5.74) is 0.382. The van der Waals surface area contributed by atoms with E-state index in [4.69, 9.17) is 9.15 Å². The number of hydrogen-bond acceptors (Lipinski definition) is 7. The van der Waals surface area contributed by atoms with E-state index in [1.165, 1.54) is 30.4 Å². The zero-order valence-corrected chi connectivity index (χ0v) is 16.0. The summed E-state index contributed by atoms with van der Waals surface area (Å²) in [6.07, 6.45) is 3.16. The van der Waals surface area contributed by atoms with Crippen LogP contribution >= 0.6 is 0 Å². The van der Waals surface area contributed by atoms with Crippen LogP contribution in [0.4, 0.5) is 0 Å². The number of H-pyrrole nitrogens is 1. The van der Waals surface area contributed by atoms with Crippen molar-refractivity contribution in [1.82, 2.24) is 9.88 Å². The first-order valence-corrected chi connectivity index (χ1v) is 10.5. The third-order valence-electron chi connectivity index (χ3n) is 4.51. The van der Waals surface area contributed by atoms with Gasteiger partial charge in [-0.3, -0.25) is 9.59 Å². The molecule has 0 radical (unpaired) electrons. The van der Waals surface area contributed by atoms with Crippen LogP contribution in [-0.2, 0) is 25.9 Å². The van der Waals surface area contributed by atoms with Gasteiger partial charge in [0.2, 0.25) is 0 Å². The maximum atomic E-state index is 12.7. The number of ketones is 1. The molecule has 1 N–H and O–H groups in total. The first-order chi connectivity index (χ1) is 13.2. The number of nitrogens with zero attached hydrogens (tertiary/aromatic N) is 1. The molecule has 1 fully saturated rings. The number of nitrogens with one attached hydrogen (secondary N) is 1. The fourth-order valence-corrected chi connectivity index (χ4v) is 4.75. The monoisotopic (exact) mass is 408 g/mol. The molecule has 3 rings (SSSR count). The van der Waals surface area contributed by atoms with Gasteiger partial charge in [0.1, 0.15) is 11.5 Å². The van der Waals surface area contributed by atoms with Gasteiger partial charge in [0.05, 0.1) is 24.3 Å². The van der Waals surface area contributed by atoms with Crippen molar-refractivity contribution in [2.75, 3.05) is 18.1 Å². The van der Waals surface area contributed by atoms with Gasteiger partial charge < -0.3 is 19.0 Å². The molecule has 1 saturated heterocycles. The summed E-state index contributed by atoms with van der Waals surface area (Å²) in [5.74, 6) is -1.14. The Kier molecular flexibility index (Phi) is 5.68. The van der Waals surface area contributed by atoms with Gasteiger partial charge in [0.15, 0.2) is 22.2 Å². The number of sulfone groups is 1. The molecule has 28 heavy (non-hydrogen) atoms. The number of carbonyl (C=O) groups is 3. The zero-order chi connectivity index (χ0) is 20.3. The summed E-state index contributed by atoms with van der Waals surface area (Å²) >= 11 is 0. The van der Waals surface area contributed by atoms with E-state index in [0.717, 1.165) is 0 Å². The number of furan rings is 1. The third-order valence-corrected chi connectivity index (χ3v) is 6.26. The number of carbonyl (C=O) groups excluding carboxylic acids is 3. The Balaban J connectivity index is 1.66. The summed E-state index contributed by atoms with van der Waals surface area (Å²) < 4.78 is 33.9. The van der Waals surface area contributed by atoms with Gasteiger partial charge >= 0.3 is 5.97 Å². The van der Waals surface area contributed by atoms with Crippen molar-refractivity contribution in [1.29, 1.82) is 0 Å². The van der Waals surface area contributed by atoms with Crippen molar-refractivity contribution in [3.63, 3.8) is 0 Å². The van der Waals surface area contributed by atoms with Crippen LogP contribution in [0.1, 0.15) is 40.0 Å². The largest absolute Gasteiger partial charge is 0.467 e. The topological polar surface area (TPSA) is 127 Å². The van der Waals surface area contributed by atoms with Gasteiger partial charge in [0, 0.05) is 17.8 Å². The SMILES string of the molecule is CC(=O)c1c[nH]c(C(=O)OCC(=O)N(Cc2ccco2)[C@@H]2CCS(=O)(=O)C2)c1. The van der Waals surface area contributed by atoms with Crippen molar-refractivity contribution in [3.05, 3.63) is 47.7 Å². The minimum Gasteiger partial charge on any atom is -0.467 e. The molecule has 0 bridgehead atoms. The van der Waals surface area contributed by atoms with Gasteiger partial charge in [-0.15, -0.1) is 0 Å². The molecular formula is C18H20N2O7S. The number of aromatic amines is 1. The average molecular weight is 408 g/mol. The van der Waals surface area contributed by atoms with E-state index in [0.29, 0.717) is 17.7 Å². The highest BCUT2D eigenvalue weighted by atomic mass is 32.2. The highest BCUT2D eigenvalue weighted by Crippen LogP contribution is 2.21. The molecule has 2 aromatic rings. The second-order valence-corrected chi connectivity index (χ2v) is 8.82. The number of amides is 1. The van der Waals surface area contributed by atoms with E-state index in [-0.39, 0.29) is 29.5 Å². The Morgan fingerprint density at radius 2 is 2.14 bits per heavy atom. The van der Waals surface area contributed by atoms with Crippen LogP contribution in [0.15, 0.2) is 35.1 Å². The van der Waals surface area contributed by atoms with Gasteiger partial charge in [-0.05, 0) is 31.5 Å². The smallest absolute Gasteiger partial charge is 0.355 e. The van der Waals surface area contributed by atoms with Gasteiger partial charge in [0.25, 0.3) is 5.91 Å². The third kappa shape index (κ3) is 4.69. The molecule has 1 atom stereocenters. The highest BCUT2D eigenvalue weighted by Gasteiger charge is 2.35. The standard InChI is InChI=1S/C18H20N2O7S/c1-12(21)13-7-16(19-8-13)18(23)27-10-17(22)20(9-15-3-2-5-26-15)14-4-6-28(24,25)11-14/h2-3,5,7-8,14,19H,4,6,9-11H2,1H3/t14-/m1/s1. The number of Topliss-reactive ketones (excluding diaryl/α,β-unsaturated/α-hetero) is 1. The zero-order valence-electron chi connectivity index (χ0n) is 15.2. The average Bonchev–Trinajstić information content (AvgIpc) is 3.37. The van der Waals surface area contributed by atoms with Crippen LogP contribution < -0.4 is 0 Å². The molecule has 3 heterocycles. The Bertz CT molecular complexity index is 976. The summed E-state index contributed by atoms with van der Waals surface area (Å²) in [6.45, 7) is 0.898. The quantitative estimate of drug-likeness (QED) is 0.538. The molecule has 0 aromatic carbocycles.